The molecular weight excluding hydrogens is 294 g/mol. The van der Waals surface area contributed by atoms with Gasteiger partial charge >= 0.3 is 0 Å². The van der Waals surface area contributed by atoms with E-state index in [1.165, 1.54) is 11.8 Å². The number of benzene rings is 1. The number of anilines is 1. The summed E-state index contributed by atoms with van der Waals surface area (Å²) in [4.78, 5) is 13.0. The molecule has 1 aromatic carbocycles. The van der Waals surface area contributed by atoms with Gasteiger partial charge in [0.15, 0.2) is 0 Å². The van der Waals surface area contributed by atoms with Gasteiger partial charge in [0.2, 0.25) is 11.1 Å². The number of aromatic nitrogens is 4. The van der Waals surface area contributed by atoms with Crippen LogP contribution in [0.3, 0.4) is 0 Å². The Morgan fingerprint density at radius 1 is 1.40 bits per heavy atom. The standard InChI is InChI=1S/C12H15N5OS2/c1-17-12(14-15-16-17)20-8-7-11(18)13-9-5-3-4-6-10(9)19-2/h3-6H,7-8H2,1-2H3,(H,13,18). The number of para-hydroxylation sites is 1. The Balaban J connectivity index is 1.82. The van der Waals surface area contributed by atoms with Crippen molar-refractivity contribution in [1.29, 1.82) is 0 Å². The van der Waals surface area contributed by atoms with Crippen LogP contribution >= 0.6 is 23.5 Å². The van der Waals surface area contributed by atoms with Gasteiger partial charge in [-0.15, -0.1) is 16.9 Å². The lowest BCUT2D eigenvalue weighted by Gasteiger charge is -2.08. The van der Waals surface area contributed by atoms with Gasteiger partial charge in [0, 0.05) is 24.1 Å². The van der Waals surface area contributed by atoms with E-state index in [1.807, 2.05) is 30.5 Å². The van der Waals surface area contributed by atoms with Gasteiger partial charge in [0.1, 0.15) is 0 Å². The molecule has 20 heavy (non-hydrogen) atoms. The summed E-state index contributed by atoms with van der Waals surface area (Å²) in [6, 6.07) is 7.76. The highest BCUT2D eigenvalue weighted by Gasteiger charge is 2.08. The number of rotatable bonds is 6. The van der Waals surface area contributed by atoms with E-state index in [9.17, 15) is 4.79 Å². The summed E-state index contributed by atoms with van der Waals surface area (Å²) in [6.45, 7) is 0. The SMILES string of the molecule is CSc1ccccc1NC(=O)CCSc1nnnn1C. The highest BCUT2D eigenvalue weighted by atomic mass is 32.2. The van der Waals surface area contributed by atoms with E-state index in [0.29, 0.717) is 17.3 Å². The molecule has 1 aromatic heterocycles. The third kappa shape index (κ3) is 3.97. The third-order valence-electron chi connectivity index (χ3n) is 2.52. The number of aryl methyl sites for hydroxylation is 1. The van der Waals surface area contributed by atoms with Crippen LogP contribution in [0.15, 0.2) is 34.3 Å². The average molecular weight is 309 g/mol. The Morgan fingerprint density at radius 2 is 2.20 bits per heavy atom. The minimum absolute atomic E-state index is 0.00544. The maximum absolute atomic E-state index is 11.9. The van der Waals surface area contributed by atoms with Crippen LogP contribution in [0.25, 0.3) is 0 Å². The maximum Gasteiger partial charge on any atom is 0.225 e. The first kappa shape index (κ1) is 14.9. The zero-order valence-corrected chi connectivity index (χ0v) is 12.9. The number of tetrazole rings is 1. The van der Waals surface area contributed by atoms with E-state index in [-0.39, 0.29) is 5.91 Å². The Labute approximate surface area is 125 Å². The molecule has 0 radical (unpaired) electrons. The van der Waals surface area contributed by atoms with Crippen LogP contribution in [0.2, 0.25) is 0 Å². The maximum atomic E-state index is 11.9. The number of nitrogens with zero attached hydrogens (tertiary/aromatic N) is 4. The van der Waals surface area contributed by atoms with Crippen LogP contribution in [0.4, 0.5) is 5.69 Å². The fourth-order valence-electron chi connectivity index (χ4n) is 1.54. The van der Waals surface area contributed by atoms with Crippen molar-refractivity contribution in [2.75, 3.05) is 17.3 Å². The highest BCUT2D eigenvalue weighted by molar-refractivity contribution is 7.99. The summed E-state index contributed by atoms with van der Waals surface area (Å²) in [7, 11) is 1.77. The molecule has 2 rings (SSSR count). The molecule has 2 aromatic rings. The lowest BCUT2D eigenvalue weighted by Crippen LogP contribution is -2.13. The van der Waals surface area contributed by atoms with Crippen molar-refractivity contribution in [3.63, 3.8) is 0 Å². The van der Waals surface area contributed by atoms with Crippen molar-refractivity contribution in [3.8, 4) is 0 Å². The summed E-state index contributed by atoms with van der Waals surface area (Å²) in [5, 5.41) is 14.8. The fourth-order valence-corrected chi connectivity index (χ4v) is 2.88. The number of carbonyl (C=O) groups is 1. The molecule has 8 heteroatoms. The van der Waals surface area contributed by atoms with Gasteiger partial charge in [-0.3, -0.25) is 4.79 Å². The molecule has 0 saturated carbocycles. The molecule has 106 valence electrons. The van der Waals surface area contributed by atoms with Crippen molar-refractivity contribution in [2.24, 2.45) is 7.05 Å². The van der Waals surface area contributed by atoms with Crippen LogP contribution in [-0.4, -0.2) is 38.1 Å². The minimum atomic E-state index is -0.00544. The molecule has 0 fully saturated rings. The average Bonchev–Trinajstić information content (AvgIpc) is 2.85. The van der Waals surface area contributed by atoms with Crippen molar-refractivity contribution in [1.82, 2.24) is 20.2 Å². The van der Waals surface area contributed by atoms with Gasteiger partial charge in [0.05, 0.1) is 5.69 Å². The monoisotopic (exact) mass is 309 g/mol. The first-order valence-corrected chi connectivity index (χ1v) is 8.19. The fraction of sp³-hybridized carbons (Fsp3) is 0.333. The molecule has 1 N–H and O–H groups in total. The first-order valence-electron chi connectivity index (χ1n) is 5.98. The normalized spacial score (nSPS) is 10.5. The number of carbonyl (C=O) groups excluding carboxylic acids is 1. The number of hydrogen-bond donors (Lipinski definition) is 1. The first-order chi connectivity index (χ1) is 9.70. The van der Waals surface area contributed by atoms with E-state index in [1.54, 1.807) is 23.5 Å². The molecule has 0 saturated heterocycles. The zero-order valence-electron chi connectivity index (χ0n) is 11.2. The van der Waals surface area contributed by atoms with E-state index in [0.717, 1.165) is 10.6 Å². The van der Waals surface area contributed by atoms with Crippen LogP contribution in [0, 0.1) is 0 Å². The van der Waals surface area contributed by atoms with Gasteiger partial charge in [-0.2, -0.15) is 0 Å². The van der Waals surface area contributed by atoms with Gasteiger partial charge in [-0.25, -0.2) is 4.68 Å². The predicted octanol–water partition coefficient (Wildman–Crippen LogP) is 2.05. The highest BCUT2D eigenvalue weighted by Crippen LogP contribution is 2.24. The molecule has 0 atom stereocenters. The van der Waals surface area contributed by atoms with Crippen molar-refractivity contribution >= 4 is 35.1 Å². The molecule has 0 bridgehead atoms. The van der Waals surface area contributed by atoms with E-state index < -0.39 is 0 Å². The van der Waals surface area contributed by atoms with E-state index in [2.05, 4.69) is 20.8 Å². The molecule has 1 amide bonds. The molecule has 0 aliphatic carbocycles. The second-order valence-corrected chi connectivity index (χ2v) is 5.84. The second-order valence-electron chi connectivity index (χ2n) is 3.93. The molecular formula is C12H15N5OS2. The zero-order chi connectivity index (χ0) is 14.4. The van der Waals surface area contributed by atoms with Crippen molar-refractivity contribution in [3.05, 3.63) is 24.3 Å². The van der Waals surface area contributed by atoms with Crippen LogP contribution in [0.1, 0.15) is 6.42 Å². The Bertz CT molecular complexity index is 587. The van der Waals surface area contributed by atoms with Crippen LogP contribution in [0.5, 0.6) is 0 Å². The van der Waals surface area contributed by atoms with Crippen molar-refractivity contribution < 1.29 is 4.79 Å². The topological polar surface area (TPSA) is 72.7 Å². The third-order valence-corrected chi connectivity index (χ3v) is 4.33. The van der Waals surface area contributed by atoms with Gasteiger partial charge in [-0.05, 0) is 28.8 Å². The van der Waals surface area contributed by atoms with Gasteiger partial charge in [0.25, 0.3) is 0 Å². The number of amides is 1. The van der Waals surface area contributed by atoms with E-state index in [4.69, 9.17) is 0 Å². The van der Waals surface area contributed by atoms with Crippen LogP contribution in [-0.2, 0) is 11.8 Å². The summed E-state index contributed by atoms with van der Waals surface area (Å²) in [6.07, 6.45) is 2.40. The summed E-state index contributed by atoms with van der Waals surface area (Å²) >= 11 is 3.07. The van der Waals surface area contributed by atoms with Crippen molar-refractivity contribution in [2.45, 2.75) is 16.5 Å². The molecule has 0 spiro atoms. The minimum Gasteiger partial charge on any atom is -0.325 e. The van der Waals surface area contributed by atoms with Gasteiger partial charge < -0.3 is 5.32 Å². The van der Waals surface area contributed by atoms with Crippen LogP contribution < -0.4 is 5.32 Å². The number of thioether (sulfide) groups is 2. The molecule has 1 heterocycles. The lowest BCUT2D eigenvalue weighted by atomic mass is 10.3. The Kier molecular flexibility index (Phi) is 5.42. The quantitative estimate of drug-likeness (QED) is 0.823. The molecule has 6 nitrogen and oxygen atoms in total. The Morgan fingerprint density at radius 3 is 2.90 bits per heavy atom. The molecule has 0 aliphatic rings. The second kappa shape index (κ2) is 7.30. The smallest absolute Gasteiger partial charge is 0.225 e. The summed E-state index contributed by atoms with van der Waals surface area (Å²) in [5.74, 6) is 0.635. The Hall–Kier alpha value is -1.54. The summed E-state index contributed by atoms with van der Waals surface area (Å²) in [5.41, 5.74) is 0.857. The summed E-state index contributed by atoms with van der Waals surface area (Å²) < 4.78 is 1.59. The molecule has 0 aliphatic heterocycles. The number of hydrogen-bond acceptors (Lipinski definition) is 6. The largest absolute Gasteiger partial charge is 0.325 e. The van der Waals surface area contributed by atoms with Gasteiger partial charge in [-0.1, -0.05) is 23.9 Å². The predicted molar refractivity (Wildman–Crippen MR) is 81.0 cm³/mol. The molecule has 0 unspecified atom stereocenters. The van der Waals surface area contributed by atoms with E-state index >= 15 is 0 Å². The lowest BCUT2D eigenvalue weighted by molar-refractivity contribution is -0.115. The number of nitrogens with one attached hydrogen (secondary N) is 1.